The minimum Gasteiger partial charge on any atom is -0.346 e. The molecule has 0 unspecified atom stereocenters. The molecule has 10 heteroatoms. The van der Waals surface area contributed by atoms with E-state index in [-0.39, 0.29) is 47.9 Å². The summed E-state index contributed by atoms with van der Waals surface area (Å²) in [5, 5.41) is 2.85. The van der Waals surface area contributed by atoms with Crippen molar-refractivity contribution >= 4 is 15.7 Å². The smallest absolute Gasteiger partial charge is 0.346 e. The number of hydrogen-bond donors (Lipinski definition) is 1. The highest BCUT2D eigenvalue weighted by Crippen LogP contribution is 2.43. The molecule has 0 bridgehead atoms. The third-order valence-corrected chi connectivity index (χ3v) is 9.61. The van der Waals surface area contributed by atoms with Gasteiger partial charge in [-0.05, 0) is 72.9 Å². The number of nitrogens with one attached hydrogen (secondary N) is 1. The van der Waals surface area contributed by atoms with Crippen LogP contribution in [0.25, 0.3) is 0 Å². The minimum atomic E-state index is -4.10. The summed E-state index contributed by atoms with van der Waals surface area (Å²) in [5.41, 5.74) is 3.34. The molecule has 1 aliphatic heterocycles. The van der Waals surface area contributed by atoms with Crippen LogP contribution in [0.5, 0.6) is 0 Å². The Morgan fingerprint density at radius 3 is 2.42 bits per heavy atom. The van der Waals surface area contributed by atoms with Crippen LogP contribution in [0.3, 0.4) is 0 Å². The normalized spacial score (nSPS) is 22.4. The van der Waals surface area contributed by atoms with Crippen LogP contribution in [-0.2, 0) is 22.9 Å². The molecule has 0 radical (unpaired) electrons. The first-order chi connectivity index (χ1) is 17.9. The zero-order valence-electron chi connectivity index (χ0n) is 22.1. The molecule has 1 aromatic carbocycles. The molecule has 6 nitrogen and oxygen atoms in total. The Kier molecular flexibility index (Phi) is 8.52. The van der Waals surface area contributed by atoms with Gasteiger partial charge in [-0.15, -0.1) is 0 Å². The fraction of sp³-hybridized carbons (Fsp3) is 0.571. The van der Waals surface area contributed by atoms with Gasteiger partial charge in [0.25, 0.3) is 5.91 Å². The van der Waals surface area contributed by atoms with Crippen LogP contribution >= 0.6 is 0 Å². The van der Waals surface area contributed by atoms with Crippen molar-refractivity contribution in [2.45, 2.75) is 76.7 Å². The predicted octanol–water partition coefficient (Wildman–Crippen LogP) is 5.69. The SMILES string of the molecule is CCS(=O)(=O)c1ccc(CNC(=O)c2ccc3c(c2)CN(CC2CCC(C(F)(F)F)CC2)[C@H]3C(C)C)nc1. The first kappa shape index (κ1) is 28.5. The number of alkyl halides is 3. The van der Waals surface area contributed by atoms with Crippen molar-refractivity contribution in [2.75, 3.05) is 12.3 Å². The minimum absolute atomic E-state index is 0.00261. The Morgan fingerprint density at radius 2 is 1.84 bits per heavy atom. The molecule has 1 atom stereocenters. The van der Waals surface area contributed by atoms with Crippen LogP contribution in [0.15, 0.2) is 41.4 Å². The topological polar surface area (TPSA) is 79.4 Å². The maximum absolute atomic E-state index is 13.1. The van der Waals surface area contributed by atoms with E-state index >= 15 is 0 Å². The maximum Gasteiger partial charge on any atom is 0.391 e. The number of rotatable bonds is 8. The number of carbonyl (C=O) groups is 1. The van der Waals surface area contributed by atoms with Crippen LogP contribution in [-0.4, -0.2) is 42.7 Å². The first-order valence-corrected chi connectivity index (χ1v) is 14.9. The average Bonchev–Trinajstić information content (AvgIpc) is 3.24. The first-order valence-electron chi connectivity index (χ1n) is 13.3. The summed E-state index contributed by atoms with van der Waals surface area (Å²) in [4.78, 5) is 19.6. The van der Waals surface area contributed by atoms with Gasteiger partial charge in [0.1, 0.15) is 0 Å². The van der Waals surface area contributed by atoms with Crippen molar-refractivity contribution in [3.05, 3.63) is 58.9 Å². The molecule has 0 saturated heterocycles. The summed E-state index contributed by atoms with van der Waals surface area (Å²) in [5.74, 6) is -0.845. The summed E-state index contributed by atoms with van der Waals surface area (Å²) >= 11 is 0. The molecule has 4 rings (SSSR count). The number of aromatic nitrogens is 1. The van der Waals surface area contributed by atoms with Crippen LogP contribution in [0, 0.1) is 17.8 Å². The second-order valence-corrected chi connectivity index (χ2v) is 13.1. The molecule has 1 N–H and O–H groups in total. The van der Waals surface area contributed by atoms with Crippen LogP contribution in [0.4, 0.5) is 13.2 Å². The van der Waals surface area contributed by atoms with Gasteiger partial charge in [0.05, 0.1) is 28.8 Å². The largest absolute Gasteiger partial charge is 0.391 e. The number of hydrogen-bond acceptors (Lipinski definition) is 5. The van der Waals surface area contributed by atoms with Crippen molar-refractivity contribution in [3.8, 4) is 0 Å². The number of pyridine rings is 1. The summed E-state index contributed by atoms with van der Waals surface area (Å²) in [6.45, 7) is 7.48. The van der Waals surface area contributed by atoms with Crippen molar-refractivity contribution in [1.29, 1.82) is 0 Å². The lowest BCUT2D eigenvalue weighted by atomic mass is 9.81. The fourth-order valence-electron chi connectivity index (χ4n) is 5.79. The van der Waals surface area contributed by atoms with Crippen molar-refractivity contribution in [1.82, 2.24) is 15.2 Å². The zero-order valence-corrected chi connectivity index (χ0v) is 22.9. The predicted molar refractivity (Wildman–Crippen MR) is 139 cm³/mol. The van der Waals surface area contributed by atoms with Gasteiger partial charge in [-0.25, -0.2) is 8.42 Å². The van der Waals surface area contributed by atoms with E-state index in [0.29, 0.717) is 36.6 Å². The second-order valence-electron chi connectivity index (χ2n) is 10.9. The average molecular weight is 552 g/mol. The zero-order chi connectivity index (χ0) is 27.7. The number of amides is 1. The molecule has 1 aliphatic carbocycles. The number of nitrogens with zero attached hydrogens (tertiary/aromatic N) is 2. The van der Waals surface area contributed by atoms with Gasteiger partial charge in [-0.2, -0.15) is 13.2 Å². The van der Waals surface area contributed by atoms with Gasteiger partial charge >= 0.3 is 6.18 Å². The monoisotopic (exact) mass is 551 g/mol. The maximum atomic E-state index is 13.1. The lowest BCUT2D eigenvalue weighted by Crippen LogP contribution is -2.34. The molecule has 2 heterocycles. The quantitative estimate of drug-likeness (QED) is 0.456. The fourth-order valence-corrected chi connectivity index (χ4v) is 6.61. The molecule has 2 aliphatic rings. The van der Waals surface area contributed by atoms with Crippen molar-refractivity contribution in [2.24, 2.45) is 17.8 Å². The molecule has 1 aromatic heterocycles. The number of sulfone groups is 1. The Morgan fingerprint density at radius 1 is 1.13 bits per heavy atom. The van der Waals surface area contributed by atoms with Crippen molar-refractivity contribution < 1.29 is 26.4 Å². The Balaban J connectivity index is 1.38. The van der Waals surface area contributed by atoms with Crippen LogP contribution < -0.4 is 5.32 Å². The summed E-state index contributed by atoms with van der Waals surface area (Å²) < 4.78 is 63.1. The third-order valence-electron chi connectivity index (χ3n) is 7.89. The van der Waals surface area contributed by atoms with Crippen LogP contribution in [0.1, 0.15) is 79.7 Å². The van der Waals surface area contributed by atoms with Gasteiger partial charge in [-0.1, -0.05) is 26.8 Å². The molecule has 1 saturated carbocycles. The van der Waals surface area contributed by atoms with Gasteiger partial charge in [0.15, 0.2) is 9.84 Å². The highest BCUT2D eigenvalue weighted by atomic mass is 32.2. The van der Waals surface area contributed by atoms with Gasteiger partial charge in [0, 0.05) is 30.9 Å². The summed E-state index contributed by atoms with van der Waals surface area (Å²) in [6, 6.07) is 8.98. The molecule has 38 heavy (non-hydrogen) atoms. The van der Waals surface area contributed by atoms with E-state index in [1.807, 2.05) is 18.2 Å². The van der Waals surface area contributed by atoms with Gasteiger partial charge < -0.3 is 5.32 Å². The highest BCUT2D eigenvalue weighted by molar-refractivity contribution is 7.91. The molecular formula is C28H36F3N3O3S. The summed E-state index contributed by atoms with van der Waals surface area (Å²) in [7, 11) is -3.33. The van der Waals surface area contributed by atoms with Gasteiger partial charge in [-0.3, -0.25) is 14.7 Å². The number of fused-ring (bicyclic) bond motifs is 1. The molecule has 1 amide bonds. The van der Waals surface area contributed by atoms with Gasteiger partial charge in [0.2, 0.25) is 0 Å². The van der Waals surface area contributed by atoms with E-state index in [4.69, 9.17) is 0 Å². The highest BCUT2D eigenvalue weighted by Gasteiger charge is 2.42. The Bertz CT molecular complexity index is 1240. The molecule has 2 aromatic rings. The number of halogens is 3. The third kappa shape index (κ3) is 6.39. The Hall–Kier alpha value is -2.46. The van der Waals surface area contributed by atoms with E-state index < -0.39 is 21.9 Å². The van der Waals surface area contributed by atoms with E-state index in [1.54, 1.807) is 13.0 Å². The second kappa shape index (κ2) is 11.3. The van der Waals surface area contributed by atoms with Crippen LogP contribution in [0.2, 0.25) is 0 Å². The number of benzene rings is 1. The molecule has 0 spiro atoms. The lowest BCUT2D eigenvalue weighted by molar-refractivity contribution is -0.184. The van der Waals surface area contributed by atoms with Crippen molar-refractivity contribution in [3.63, 3.8) is 0 Å². The molecular weight excluding hydrogens is 515 g/mol. The summed E-state index contributed by atoms with van der Waals surface area (Å²) in [6.07, 6.45) is -1.19. The van der Waals surface area contributed by atoms with E-state index in [2.05, 4.69) is 29.0 Å². The standard InChI is InChI=1S/C28H36F3N3O3S/c1-4-38(36,37)24-11-10-23(32-15-24)14-33-27(35)20-7-12-25-21(13-20)17-34(26(25)18(2)3)16-19-5-8-22(9-6-19)28(29,30)31/h7,10-13,15,18-19,22,26H,4-6,8-9,14,16-17H2,1-3H3,(H,33,35)/t19?,22?,26-/m0/s1. The van der Waals surface area contributed by atoms with E-state index in [0.717, 1.165) is 12.1 Å². The number of carbonyl (C=O) groups excluding carboxylic acids is 1. The molecule has 1 fully saturated rings. The van der Waals surface area contributed by atoms with E-state index in [1.165, 1.54) is 17.8 Å². The van der Waals surface area contributed by atoms with E-state index in [9.17, 15) is 26.4 Å². The molecule has 208 valence electrons. The lowest BCUT2D eigenvalue weighted by Gasteiger charge is -2.35. The Labute approximate surface area is 222 Å².